The topological polar surface area (TPSA) is 73.3 Å². The van der Waals surface area contributed by atoms with Gasteiger partial charge in [0.1, 0.15) is 5.75 Å². The van der Waals surface area contributed by atoms with Gasteiger partial charge in [-0.3, -0.25) is 0 Å². The molecule has 0 aromatic heterocycles. The number of anilines is 1. The van der Waals surface area contributed by atoms with Crippen molar-refractivity contribution in [1.29, 1.82) is 5.26 Å². The molecule has 0 aliphatic rings. The van der Waals surface area contributed by atoms with E-state index in [2.05, 4.69) is 11.0 Å². The highest BCUT2D eigenvalue weighted by Gasteiger charge is 2.06. The van der Waals surface area contributed by atoms with E-state index in [4.69, 9.17) is 11.0 Å². The lowest BCUT2D eigenvalue weighted by Gasteiger charge is -2.18. The monoisotopic (exact) mass is 219 g/mol. The summed E-state index contributed by atoms with van der Waals surface area (Å²) in [5, 5.41) is 18.0. The Morgan fingerprint density at radius 1 is 1.56 bits per heavy atom. The Labute approximate surface area is 95.9 Å². The molecule has 86 valence electrons. The number of nitriles is 1. The first kappa shape index (κ1) is 12.3. The van der Waals surface area contributed by atoms with Crippen LogP contribution < -0.4 is 5.73 Å². The third-order valence-corrected chi connectivity index (χ3v) is 2.35. The van der Waals surface area contributed by atoms with Crippen molar-refractivity contribution in [3.63, 3.8) is 0 Å². The van der Waals surface area contributed by atoms with Gasteiger partial charge in [0, 0.05) is 13.1 Å². The van der Waals surface area contributed by atoms with Gasteiger partial charge in [0.15, 0.2) is 0 Å². The smallest absolute Gasteiger partial charge is 0.138 e. The molecule has 0 bridgehead atoms. The SMILES string of the molecule is CC(C#N)CN(C)Cc1ccc(O)c(N)c1. The molecule has 3 N–H and O–H groups in total. The van der Waals surface area contributed by atoms with Gasteiger partial charge in [-0.05, 0) is 31.7 Å². The highest BCUT2D eigenvalue weighted by Crippen LogP contribution is 2.21. The van der Waals surface area contributed by atoms with Crippen LogP contribution in [-0.2, 0) is 6.54 Å². The first-order valence-electron chi connectivity index (χ1n) is 5.18. The third kappa shape index (κ3) is 3.44. The number of hydrogen-bond acceptors (Lipinski definition) is 4. The lowest BCUT2D eigenvalue weighted by atomic mass is 10.1. The Kier molecular flexibility index (Phi) is 4.15. The van der Waals surface area contributed by atoms with Gasteiger partial charge in [0.25, 0.3) is 0 Å². The molecule has 0 aliphatic heterocycles. The predicted molar refractivity (Wildman–Crippen MR) is 63.6 cm³/mol. The van der Waals surface area contributed by atoms with Crippen LogP contribution in [0.5, 0.6) is 5.75 Å². The van der Waals surface area contributed by atoms with E-state index in [1.807, 2.05) is 20.0 Å². The molecule has 0 heterocycles. The van der Waals surface area contributed by atoms with Gasteiger partial charge in [0.2, 0.25) is 0 Å². The Morgan fingerprint density at radius 2 is 2.25 bits per heavy atom. The maximum atomic E-state index is 9.28. The molecule has 1 aromatic carbocycles. The quantitative estimate of drug-likeness (QED) is 0.595. The summed E-state index contributed by atoms with van der Waals surface area (Å²) in [6.07, 6.45) is 0. The Hall–Kier alpha value is -1.73. The van der Waals surface area contributed by atoms with E-state index in [-0.39, 0.29) is 11.7 Å². The van der Waals surface area contributed by atoms with Crippen LogP contribution in [0.1, 0.15) is 12.5 Å². The zero-order chi connectivity index (χ0) is 12.1. The second-order valence-electron chi connectivity index (χ2n) is 4.12. The molecule has 0 saturated carbocycles. The van der Waals surface area contributed by atoms with Crippen LogP contribution in [0.15, 0.2) is 18.2 Å². The van der Waals surface area contributed by atoms with E-state index in [1.54, 1.807) is 12.1 Å². The summed E-state index contributed by atoms with van der Waals surface area (Å²) in [6, 6.07) is 7.37. The van der Waals surface area contributed by atoms with Crippen molar-refractivity contribution in [3.8, 4) is 11.8 Å². The standard InChI is InChI=1S/C12H17N3O/c1-9(6-13)7-15(2)8-10-3-4-12(16)11(14)5-10/h3-5,9,16H,7-8,14H2,1-2H3. The van der Waals surface area contributed by atoms with Gasteiger partial charge in [-0.25, -0.2) is 0 Å². The second kappa shape index (κ2) is 5.38. The van der Waals surface area contributed by atoms with E-state index in [9.17, 15) is 5.11 Å². The molecule has 0 aliphatic carbocycles. The van der Waals surface area contributed by atoms with Crippen LogP contribution in [0.25, 0.3) is 0 Å². The molecule has 0 radical (unpaired) electrons. The summed E-state index contributed by atoms with van der Waals surface area (Å²) in [5.74, 6) is 0.122. The molecule has 0 fully saturated rings. The maximum Gasteiger partial charge on any atom is 0.138 e. The zero-order valence-corrected chi connectivity index (χ0v) is 9.64. The lowest BCUT2D eigenvalue weighted by molar-refractivity contribution is 0.303. The number of nitrogens with zero attached hydrogens (tertiary/aromatic N) is 2. The van der Waals surface area contributed by atoms with Gasteiger partial charge >= 0.3 is 0 Å². The Bertz CT molecular complexity index is 398. The molecule has 4 heteroatoms. The van der Waals surface area contributed by atoms with Crippen molar-refractivity contribution in [2.75, 3.05) is 19.3 Å². The first-order chi connectivity index (χ1) is 7.52. The van der Waals surface area contributed by atoms with Gasteiger partial charge in [-0.1, -0.05) is 6.07 Å². The molecule has 0 saturated heterocycles. The highest BCUT2D eigenvalue weighted by atomic mass is 16.3. The third-order valence-electron chi connectivity index (χ3n) is 2.35. The molecule has 1 unspecified atom stereocenters. The fraction of sp³-hybridized carbons (Fsp3) is 0.417. The summed E-state index contributed by atoms with van der Waals surface area (Å²) in [4.78, 5) is 2.06. The maximum absolute atomic E-state index is 9.28. The van der Waals surface area contributed by atoms with Crippen LogP contribution in [0.2, 0.25) is 0 Å². The summed E-state index contributed by atoms with van der Waals surface area (Å²) in [6.45, 7) is 3.33. The van der Waals surface area contributed by atoms with Gasteiger partial charge < -0.3 is 15.7 Å². The van der Waals surface area contributed by atoms with Crippen LogP contribution in [0.3, 0.4) is 0 Å². The molecule has 1 atom stereocenters. The molecule has 4 nitrogen and oxygen atoms in total. The van der Waals surface area contributed by atoms with Gasteiger partial charge in [-0.2, -0.15) is 5.26 Å². The van der Waals surface area contributed by atoms with E-state index in [0.717, 1.165) is 18.7 Å². The first-order valence-corrected chi connectivity index (χ1v) is 5.18. The number of nitrogens with two attached hydrogens (primary N) is 1. The molecule has 1 rings (SSSR count). The van der Waals surface area contributed by atoms with E-state index >= 15 is 0 Å². The molecule has 0 spiro atoms. The average molecular weight is 219 g/mol. The van der Waals surface area contributed by atoms with Gasteiger partial charge in [-0.15, -0.1) is 0 Å². The molecule has 1 aromatic rings. The molecular formula is C12H17N3O. The van der Waals surface area contributed by atoms with Crippen molar-refractivity contribution in [2.24, 2.45) is 5.92 Å². The van der Waals surface area contributed by atoms with Crippen molar-refractivity contribution in [2.45, 2.75) is 13.5 Å². The largest absolute Gasteiger partial charge is 0.506 e. The second-order valence-corrected chi connectivity index (χ2v) is 4.12. The predicted octanol–water partition coefficient (Wildman–Crippen LogP) is 1.57. The Balaban J connectivity index is 2.60. The lowest BCUT2D eigenvalue weighted by Crippen LogP contribution is -2.23. The minimum Gasteiger partial charge on any atom is -0.506 e. The molecule has 16 heavy (non-hydrogen) atoms. The van der Waals surface area contributed by atoms with Crippen LogP contribution in [0, 0.1) is 17.2 Å². The van der Waals surface area contributed by atoms with Gasteiger partial charge in [0.05, 0.1) is 17.7 Å². The minimum absolute atomic E-state index is 0.0134. The number of benzene rings is 1. The normalized spacial score (nSPS) is 12.4. The fourth-order valence-electron chi connectivity index (χ4n) is 1.59. The molecular weight excluding hydrogens is 202 g/mol. The summed E-state index contributed by atoms with van der Waals surface area (Å²) in [5.41, 5.74) is 7.02. The average Bonchev–Trinajstić information content (AvgIpc) is 2.23. The zero-order valence-electron chi connectivity index (χ0n) is 9.64. The van der Waals surface area contributed by atoms with Crippen LogP contribution in [0.4, 0.5) is 5.69 Å². The minimum atomic E-state index is 0.0134. The number of nitrogen functional groups attached to an aromatic ring is 1. The number of rotatable bonds is 4. The van der Waals surface area contributed by atoms with E-state index in [1.165, 1.54) is 0 Å². The van der Waals surface area contributed by atoms with Crippen molar-refractivity contribution in [3.05, 3.63) is 23.8 Å². The fourth-order valence-corrected chi connectivity index (χ4v) is 1.59. The molecule has 0 amide bonds. The number of phenols is 1. The summed E-state index contributed by atoms with van der Waals surface area (Å²) < 4.78 is 0. The van der Waals surface area contributed by atoms with Crippen molar-refractivity contribution in [1.82, 2.24) is 4.90 Å². The van der Waals surface area contributed by atoms with Crippen molar-refractivity contribution < 1.29 is 5.11 Å². The van der Waals surface area contributed by atoms with E-state index in [0.29, 0.717) is 5.69 Å². The van der Waals surface area contributed by atoms with E-state index < -0.39 is 0 Å². The van der Waals surface area contributed by atoms with Crippen LogP contribution in [-0.4, -0.2) is 23.6 Å². The Morgan fingerprint density at radius 3 is 2.81 bits per heavy atom. The van der Waals surface area contributed by atoms with Crippen LogP contribution >= 0.6 is 0 Å². The summed E-state index contributed by atoms with van der Waals surface area (Å²) >= 11 is 0. The highest BCUT2D eigenvalue weighted by molar-refractivity contribution is 5.53. The number of hydrogen-bond donors (Lipinski definition) is 2. The van der Waals surface area contributed by atoms with Crippen molar-refractivity contribution >= 4 is 5.69 Å². The number of aromatic hydroxyl groups is 1. The summed E-state index contributed by atoms with van der Waals surface area (Å²) in [7, 11) is 1.96. The number of phenolic OH excluding ortho intramolecular Hbond substituents is 1.